The summed E-state index contributed by atoms with van der Waals surface area (Å²) < 4.78 is 7.45. The number of methoxy groups -OCH3 is 1. The standard InChI is InChI=1S/C20H18N4O/c1-21-16-6-3-5-15(11-16)18-13-23-19-12-14(8-10-24(18)19)17-7-4-9-22-20(17)25-2/h3-13,21H,1-2H3. The highest BCUT2D eigenvalue weighted by Gasteiger charge is 2.10. The van der Waals surface area contributed by atoms with E-state index in [1.165, 1.54) is 0 Å². The summed E-state index contributed by atoms with van der Waals surface area (Å²) in [4.78, 5) is 8.84. The average molecular weight is 330 g/mol. The molecule has 0 spiro atoms. The van der Waals surface area contributed by atoms with Crippen molar-refractivity contribution in [3.63, 3.8) is 0 Å². The number of pyridine rings is 2. The molecule has 0 aliphatic heterocycles. The van der Waals surface area contributed by atoms with Crippen molar-refractivity contribution < 1.29 is 4.74 Å². The zero-order valence-electron chi connectivity index (χ0n) is 14.1. The maximum absolute atomic E-state index is 5.37. The number of hydrogen-bond acceptors (Lipinski definition) is 4. The van der Waals surface area contributed by atoms with Gasteiger partial charge in [0.2, 0.25) is 5.88 Å². The maximum atomic E-state index is 5.37. The van der Waals surface area contributed by atoms with E-state index in [1.807, 2.05) is 49.8 Å². The third kappa shape index (κ3) is 2.70. The number of nitrogens with zero attached hydrogens (tertiary/aromatic N) is 3. The molecule has 0 atom stereocenters. The minimum absolute atomic E-state index is 0.611. The first kappa shape index (κ1) is 15.2. The second-order valence-electron chi connectivity index (χ2n) is 5.68. The van der Waals surface area contributed by atoms with E-state index < -0.39 is 0 Å². The Morgan fingerprint density at radius 1 is 1.00 bits per heavy atom. The Labute approximate surface area is 145 Å². The molecular weight excluding hydrogens is 312 g/mol. The number of hydrogen-bond donors (Lipinski definition) is 1. The molecule has 3 aromatic heterocycles. The van der Waals surface area contributed by atoms with Gasteiger partial charge in [-0.2, -0.15) is 0 Å². The minimum Gasteiger partial charge on any atom is -0.481 e. The number of aromatic nitrogens is 3. The first-order valence-electron chi connectivity index (χ1n) is 8.05. The molecule has 0 aliphatic carbocycles. The number of fused-ring (bicyclic) bond motifs is 1. The molecular formula is C20H18N4O. The molecule has 0 amide bonds. The van der Waals surface area contributed by atoms with Crippen molar-refractivity contribution >= 4 is 11.3 Å². The highest BCUT2D eigenvalue weighted by atomic mass is 16.5. The van der Waals surface area contributed by atoms with Crippen LogP contribution in [0.4, 0.5) is 5.69 Å². The lowest BCUT2D eigenvalue weighted by molar-refractivity contribution is 0.399. The summed E-state index contributed by atoms with van der Waals surface area (Å²) in [6, 6.07) is 16.3. The van der Waals surface area contributed by atoms with Gasteiger partial charge in [-0.15, -0.1) is 0 Å². The molecule has 4 aromatic rings. The van der Waals surface area contributed by atoms with E-state index in [4.69, 9.17) is 4.74 Å². The van der Waals surface area contributed by atoms with E-state index in [9.17, 15) is 0 Å². The van der Waals surface area contributed by atoms with Crippen LogP contribution in [0.15, 0.2) is 67.1 Å². The maximum Gasteiger partial charge on any atom is 0.221 e. The minimum atomic E-state index is 0.611. The van der Waals surface area contributed by atoms with Gasteiger partial charge in [0.05, 0.1) is 19.0 Å². The zero-order valence-corrected chi connectivity index (χ0v) is 14.1. The molecule has 5 nitrogen and oxygen atoms in total. The van der Waals surface area contributed by atoms with Crippen LogP contribution >= 0.6 is 0 Å². The lowest BCUT2D eigenvalue weighted by atomic mass is 10.1. The van der Waals surface area contributed by atoms with Crippen LogP contribution in [0.2, 0.25) is 0 Å². The Morgan fingerprint density at radius 2 is 1.92 bits per heavy atom. The second kappa shape index (κ2) is 6.28. The van der Waals surface area contributed by atoms with Gasteiger partial charge in [0.1, 0.15) is 5.65 Å². The molecule has 0 saturated carbocycles. The Bertz CT molecular complexity index is 1040. The number of nitrogens with one attached hydrogen (secondary N) is 1. The van der Waals surface area contributed by atoms with Gasteiger partial charge in [0.15, 0.2) is 0 Å². The topological polar surface area (TPSA) is 51.5 Å². The molecule has 5 heteroatoms. The van der Waals surface area contributed by atoms with Crippen LogP contribution in [0.5, 0.6) is 5.88 Å². The van der Waals surface area contributed by atoms with Crippen molar-refractivity contribution in [2.45, 2.75) is 0 Å². The summed E-state index contributed by atoms with van der Waals surface area (Å²) in [7, 11) is 3.55. The first-order valence-corrected chi connectivity index (χ1v) is 8.05. The SMILES string of the molecule is CNc1cccc(-c2cnc3cc(-c4cccnc4OC)ccn23)c1. The Morgan fingerprint density at radius 3 is 2.76 bits per heavy atom. The fourth-order valence-electron chi connectivity index (χ4n) is 2.97. The van der Waals surface area contributed by atoms with Gasteiger partial charge in [0.25, 0.3) is 0 Å². The number of benzene rings is 1. The van der Waals surface area contributed by atoms with Crippen molar-refractivity contribution in [1.29, 1.82) is 0 Å². The number of imidazole rings is 1. The van der Waals surface area contributed by atoms with E-state index in [-0.39, 0.29) is 0 Å². The predicted molar refractivity (Wildman–Crippen MR) is 100.0 cm³/mol. The number of anilines is 1. The van der Waals surface area contributed by atoms with Gasteiger partial charge in [-0.1, -0.05) is 12.1 Å². The molecule has 0 saturated heterocycles. The van der Waals surface area contributed by atoms with Crippen molar-refractivity contribution in [3.8, 4) is 28.3 Å². The summed E-state index contributed by atoms with van der Waals surface area (Å²) >= 11 is 0. The average Bonchev–Trinajstić information content (AvgIpc) is 3.11. The first-order chi connectivity index (χ1) is 12.3. The molecule has 0 unspecified atom stereocenters. The molecule has 3 heterocycles. The van der Waals surface area contributed by atoms with Crippen molar-refractivity contribution in [1.82, 2.24) is 14.4 Å². The van der Waals surface area contributed by atoms with Gasteiger partial charge in [-0.05, 0) is 42.0 Å². The van der Waals surface area contributed by atoms with E-state index in [2.05, 4.69) is 37.9 Å². The van der Waals surface area contributed by atoms with Crippen molar-refractivity contribution in [3.05, 3.63) is 67.1 Å². The fourth-order valence-corrected chi connectivity index (χ4v) is 2.97. The van der Waals surface area contributed by atoms with Gasteiger partial charge in [-0.25, -0.2) is 9.97 Å². The fraction of sp³-hybridized carbons (Fsp3) is 0.100. The van der Waals surface area contributed by atoms with Crippen LogP contribution < -0.4 is 10.1 Å². The summed E-state index contributed by atoms with van der Waals surface area (Å²) in [6.45, 7) is 0. The Balaban J connectivity index is 1.81. The summed E-state index contributed by atoms with van der Waals surface area (Å²) in [6.07, 6.45) is 5.66. The van der Waals surface area contributed by atoms with Crippen LogP contribution in [0.25, 0.3) is 28.0 Å². The van der Waals surface area contributed by atoms with Crippen LogP contribution in [0.3, 0.4) is 0 Å². The van der Waals surface area contributed by atoms with Crippen LogP contribution in [-0.2, 0) is 0 Å². The van der Waals surface area contributed by atoms with E-state index >= 15 is 0 Å². The lowest BCUT2D eigenvalue weighted by Crippen LogP contribution is -1.93. The van der Waals surface area contributed by atoms with Gasteiger partial charge in [0, 0.05) is 36.3 Å². The van der Waals surface area contributed by atoms with E-state index in [0.717, 1.165) is 33.7 Å². The van der Waals surface area contributed by atoms with Crippen LogP contribution in [-0.4, -0.2) is 28.5 Å². The molecule has 124 valence electrons. The van der Waals surface area contributed by atoms with Crippen LogP contribution in [0, 0.1) is 0 Å². The predicted octanol–water partition coefficient (Wildman–Crippen LogP) is 4.11. The molecule has 0 fully saturated rings. The molecule has 1 N–H and O–H groups in total. The van der Waals surface area contributed by atoms with Crippen LogP contribution in [0.1, 0.15) is 0 Å². The summed E-state index contributed by atoms with van der Waals surface area (Å²) in [5.41, 5.74) is 6.10. The number of rotatable bonds is 4. The Hall–Kier alpha value is -3.34. The molecule has 1 aromatic carbocycles. The van der Waals surface area contributed by atoms with E-state index in [1.54, 1.807) is 13.3 Å². The smallest absolute Gasteiger partial charge is 0.221 e. The molecule has 4 rings (SSSR count). The second-order valence-corrected chi connectivity index (χ2v) is 5.68. The highest BCUT2D eigenvalue weighted by molar-refractivity contribution is 5.74. The summed E-state index contributed by atoms with van der Waals surface area (Å²) in [5, 5.41) is 3.17. The lowest BCUT2D eigenvalue weighted by Gasteiger charge is -2.08. The molecule has 0 aliphatic rings. The third-order valence-corrected chi connectivity index (χ3v) is 4.24. The quantitative estimate of drug-likeness (QED) is 0.612. The monoisotopic (exact) mass is 330 g/mol. The van der Waals surface area contributed by atoms with Gasteiger partial charge in [-0.3, -0.25) is 4.40 Å². The highest BCUT2D eigenvalue weighted by Crippen LogP contribution is 2.30. The largest absolute Gasteiger partial charge is 0.481 e. The third-order valence-electron chi connectivity index (χ3n) is 4.24. The van der Waals surface area contributed by atoms with Gasteiger partial charge < -0.3 is 10.1 Å². The summed E-state index contributed by atoms with van der Waals surface area (Å²) in [5.74, 6) is 0.611. The van der Waals surface area contributed by atoms with Crippen molar-refractivity contribution in [2.24, 2.45) is 0 Å². The zero-order chi connectivity index (χ0) is 17.2. The molecule has 25 heavy (non-hydrogen) atoms. The van der Waals surface area contributed by atoms with Gasteiger partial charge >= 0.3 is 0 Å². The Kier molecular flexibility index (Phi) is 3.82. The van der Waals surface area contributed by atoms with E-state index in [0.29, 0.717) is 5.88 Å². The van der Waals surface area contributed by atoms with Crippen molar-refractivity contribution in [2.75, 3.05) is 19.5 Å². The molecule has 0 radical (unpaired) electrons. The number of ether oxygens (including phenoxy) is 1. The molecule has 0 bridgehead atoms. The normalized spacial score (nSPS) is 10.8.